The molecule has 5 heteroatoms. The summed E-state index contributed by atoms with van der Waals surface area (Å²) in [5, 5.41) is 2.55. The van der Waals surface area contributed by atoms with Crippen molar-refractivity contribution in [1.82, 2.24) is 5.32 Å². The van der Waals surface area contributed by atoms with E-state index in [-0.39, 0.29) is 0 Å². The molecule has 1 unspecified atom stereocenters. The predicted octanol–water partition coefficient (Wildman–Crippen LogP) is 1.28. The van der Waals surface area contributed by atoms with E-state index in [1.807, 2.05) is 6.92 Å². The minimum absolute atomic E-state index is 0.398. The molecule has 0 aliphatic carbocycles. The molecular formula is C9H19NO3S. The molecule has 0 heterocycles. The van der Waals surface area contributed by atoms with Crippen molar-refractivity contribution in [3.8, 4) is 0 Å². The lowest BCUT2D eigenvalue weighted by Gasteiger charge is -2.19. The van der Waals surface area contributed by atoms with Gasteiger partial charge in [-0.1, -0.05) is 11.2 Å². The van der Waals surface area contributed by atoms with Gasteiger partial charge in [-0.15, -0.1) is 0 Å². The van der Waals surface area contributed by atoms with Crippen LogP contribution >= 0.6 is 0 Å². The van der Waals surface area contributed by atoms with Gasteiger partial charge in [0.15, 0.2) is 0 Å². The van der Waals surface area contributed by atoms with Crippen LogP contribution in [-0.2, 0) is 15.9 Å². The summed E-state index contributed by atoms with van der Waals surface area (Å²) < 4.78 is 16.0. The van der Waals surface area contributed by atoms with Gasteiger partial charge in [-0.2, -0.15) is 0 Å². The van der Waals surface area contributed by atoms with E-state index in [1.54, 1.807) is 20.8 Å². The summed E-state index contributed by atoms with van der Waals surface area (Å²) in [6.45, 7) is 7.66. The van der Waals surface area contributed by atoms with Crippen molar-refractivity contribution in [2.24, 2.45) is 0 Å². The predicted molar refractivity (Wildman–Crippen MR) is 57.8 cm³/mol. The first-order valence-corrected chi connectivity index (χ1v) is 6.16. The number of hydrogen-bond acceptors (Lipinski definition) is 3. The number of alkyl carbamates (subject to hydrolysis) is 1. The molecule has 84 valence electrons. The number of amides is 1. The summed E-state index contributed by atoms with van der Waals surface area (Å²) in [5.74, 6) is 1.10. The van der Waals surface area contributed by atoms with Gasteiger partial charge in [0.05, 0.1) is 6.54 Å². The van der Waals surface area contributed by atoms with Gasteiger partial charge in [0.25, 0.3) is 0 Å². The average Bonchev–Trinajstić information content (AvgIpc) is 2.00. The van der Waals surface area contributed by atoms with E-state index in [2.05, 4.69) is 5.32 Å². The lowest BCUT2D eigenvalue weighted by atomic mass is 10.2. The molecule has 0 aliphatic rings. The van der Waals surface area contributed by atoms with Crippen LogP contribution in [0.4, 0.5) is 4.79 Å². The highest BCUT2D eigenvalue weighted by atomic mass is 32.2. The van der Waals surface area contributed by atoms with Crippen LogP contribution in [0.1, 0.15) is 27.7 Å². The Morgan fingerprint density at radius 1 is 1.50 bits per heavy atom. The topological polar surface area (TPSA) is 61.4 Å². The molecule has 14 heavy (non-hydrogen) atoms. The molecule has 0 saturated heterocycles. The van der Waals surface area contributed by atoms with Crippen molar-refractivity contribution in [3.05, 3.63) is 0 Å². The highest BCUT2D eigenvalue weighted by Crippen LogP contribution is 2.06. The first kappa shape index (κ1) is 13.6. The summed E-state index contributed by atoms with van der Waals surface area (Å²) in [6.07, 6.45) is -0.453. The van der Waals surface area contributed by atoms with E-state index in [4.69, 9.17) is 4.74 Å². The van der Waals surface area contributed by atoms with Crippen LogP contribution in [0.3, 0.4) is 0 Å². The van der Waals surface area contributed by atoms with Gasteiger partial charge < -0.3 is 14.6 Å². The first-order valence-electron chi connectivity index (χ1n) is 4.67. The van der Waals surface area contributed by atoms with Crippen LogP contribution in [0.2, 0.25) is 0 Å². The van der Waals surface area contributed by atoms with E-state index >= 15 is 0 Å². The van der Waals surface area contributed by atoms with Crippen LogP contribution in [-0.4, -0.2) is 34.3 Å². The maximum Gasteiger partial charge on any atom is 0.407 e. The second-order valence-corrected chi connectivity index (χ2v) is 5.73. The van der Waals surface area contributed by atoms with Crippen LogP contribution in [0.5, 0.6) is 0 Å². The number of rotatable bonds is 4. The minimum atomic E-state index is -0.837. The lowest BCUT2D eigenvalue weighted by Crippen LogP contribution is -2.35. The van der Waals surface area contributed by atoms with Gasteiger partial charge in [0, 0.05) is 0 Å². The van der Waals surface area contributed by atoms with Gasteiger partial charge >= 0.3 is 6.09 Å². The van der Waals surface area contributed by atoms with E-state index < -0.39 is 22.9 Å². The highest BCUT2D eigenvalue weighted by Gasteiger charge is 2.15. The molecule has 1 N–H and O–H groups in total. The standard InChI is InChI=1S/C9H19NO3S/c1-5-14(12)7-6-10-8(11)13-9(2,3)4/h5-7H2,1-4H3,(H,10,11). The zero-order chi connectivity index (χ0) is 11.2. The minimum Gasteiger partial charge on any atom is -0.616 e. The molecule has 0 spiro atoms. The maximum absolute atomic E-state index is 11.1. The van der Waals surface area contributed by atoms with E-state index in [0.29, 0.717) is 18.1 Å². The molecule has 0 aromatic carbocycles. The van der Waals surface area contributed by atoms with E-state index in [1.165, 1.54) is 0 Å². The van der Waals surface area contributed by atoms with E-state index in [0.717, 1.165) is 0 Å². The average molecular weight is 221 g/mol. The Hall–Kier alpha value is -0.420. The molecule has 0 rings (SSSR count). The van der Waals surface area contributed by atoms with Crippen LogP contribution in [0.25, 0.3) is 0 Å². The summed E-state index contributed by atoms with van der Waals surface area (Å²) in [7, 11) is 0. The van der Waals surface area contributed by atoms with Gasteiger partial charge in [0.2, 0.25) is 0 Å². The first-order chi connectivity index (χ1) is 6.35. The molecule has 0 saturated carbocycles. The van der Waals surface area contributed by atoms with Gasteiger partial charge in [-0.25, -0.2) is 4.79 Å². The second kappa shape index (κ2) is 6.14. The Bertz CT molecular complexity index is 179. The van der Waals surface area contributed by atoms with Crippen molar-refractivity contribution in [1.29, 1.82) is 0 Å². The summed E-state index contributed by atoms with van der Waals surface area (Å²) in [6, 6.07) is 0. The van der Waals surface area contributed by atoms with Crippen molar-refractivity contribution in [2.75, 3.05) is 18.1 Å². The Morgan fingerprint density at radius 2 is 2.07 bits per heavy atom. The second-order valence-electron chi connectivity index (χ2n) is 3.86. The Morgan fingerprint density at radius 3 is 2.50 bits per heavy atom. The number of hydrogen-bond donors (Lipinski definition) is 1. The van der Waals surface area contributed by atoms with Crippen molar-refractivity contribution >= 4 is 17.3 Å². The lowest BCUT2D eigenvalue weighted by molar-refractivity contribution is 0.0531. The molecule has 0 bridgehead atoms. The van der Waals surface area contributed by atoms with Crippen molar-refractivity contribution in [2.45, 2.75) is 33.3 Å². The fourth-order valence-corrected chi connectivity index (χ4v) is 1.34. The molecule has 4 nitrogen and oxygen atoms in total. The Balaban J connectivity index is 3.55. The van der Waals surface area contributed by atoms with Crippen LogP contribution < -0.4 is 5.32 Å². The molecule has 0 aliphatic heterocycles. The number of nitrogens with one attached hydrogen (secondary N) is 1. The molecule has 0 radical (unpaired) electrons. The summed E-state index contributed by atoms with van der Waals surface area (Å²) in [5.41, 5.74) is -0.478. The zero-order valence-corrected chi connectivity index (χ0v) is 10.1. The zero-order valence-electron chi connectivity index (χ0n) is 9.25. The van der Waals surface area contributed by atoms with E-state index in [9.17, 15) is 9.35 Å². The molecular weight excluding hydrogens is 202 g/mol. The fraction of sp³-hybridized carbons (Fsp3) is 0.889. The molecule has 0 aromatic heterocycles. The molecule has 0 fully saturated rings. The highest BCUT2D eigenvalue weighted by molar-refractivity contribution is 7.91. The van der Waals surface area contributed by atoms with Crippen molar-refractivity contribution in [3.63, 3.8) is 0 Å². The largest absolute Gasteiger partial charge is 0.616 e. The number of carbonyl (C=O) groups is 1. The van der Waals surface area contributed by atoms with Gasteiger partial charge in [-0.3, -0.25) is 0 Å². The van der Waals surface area contributed by atoms with Crippen LogP contribution in [0, 0.1) is 0 Å². The quantitative estimate of drug-likeness (QED) is 0.727. The number of ether oxygens (including phenoxy) is 1. The molecule has 1 amide bonds. The normalized spacial score (nSPS) is 13.5. The third kappa shape index (κ3) is 8.19. The molecule has 0 aromatic rings. The summed E-state index contributed by atoms with van der Waals surface area (Å²) >= 11 is -0.837. The monoisotopic (exact) mass is 221 g/mol. The SMILES string of the molecule is CC[S+]([O-])CCNC(=O)OC(C)(C)C. The third-order valence-corrected chi connectivity index (χ3v) is 2.62. The smallest absolute Gasteiger partial charge is 0.407 e. The van der Waals surface area contributed by atoms with Crippen LogP contribution in [0.15, 0.2) is 0 Å². The Kier molecular flexibility index (Phi) is 5.95. The van der Waals surface area contributed by atoms with Gasteiger partial charge in [-0.05, 0) is 27.7 Å². The van der Waals surface area contributed by atoms with Gasteiger partial charge in [0.1, 0.15) is 17.1 Å². The Labute approximate surface area is 88.6 Å². The van der Waals surface area contributed by atoms with Crippen molar-refractivity contribution < 1.29 is 14.1 Å². The fourth-order valence-electron chi connectivity index (χ4n) is 0.725. The third-order valence-electron chi connectivity index (χ3n) is 1.32. The summed E-state index contributed by atoms with van der Waals surface area (Å²) in [4.78, 5) is 11.1. The maximum atomic E-state index is 11.1. The molecule has 1 atom stereocenters. The number of carbonyl (C=O) groups excluding carboxylic acids is 1.